The summed E-state index contributed by atoms with van der Waals surface area (Å²) in [6.45, 7) is 0. The average molecular weight is 194 g/mol. The molecule has 0 aliphatic heterocycles. The summed E-state index contributed by atoms with van der Waals surface area (Å²) >= 11 is 0. The standard InChI is InChI=1S/C11H14O3/c12-11(13)5-9-6-14-7-10(9)8-3-1-2-4-8/h6-8H,1-5H2,(H,12,13). The molecule has 14 heavy (non-hydrogen) atoms. The predicted octanol–water partition coefficient (Wildman–Crippen LogP) is 2.56. The van der Waals surface area contributed by atoms with Gasteiger partial charge < -0.3 is 9.52 Å². The van der Waals surface area contributed by atoms with Crippen LogP contribution in [0.2, 0.25) is 0 Å². The summed E-state index contributed by atoms with van der Waals surface area (Å²) in [7, 11) is 0. The fourth-order valence-electron chi connectivity index (χ4n) is 2.24. The fourth-order valence-corrected chi connectivity index (χ4v) is 2.24. The Hall–Kier alpha value is -1.25. The quantitative estimate of drug-likeness (QED) is 0.804. The second-order valence-corrected chi connectivity index (χ2v) is 3.90. The molecule has 0 radical (unpaired) electrons. The van der Waals surface area contributed by atoms with Crippen molar-refractivity contribution in [3.63, 3.8) is 0 Å². The molecule has 0 aromatic carbocycles. The van der Waals surface area contributed by atoms with Gasteiger partial charge in [0.25, 0.3) is 0 Å². The van der Waals surface area contributed by atoms with Gasteiger partial charge in [-0.15, -0.1) is 0 Å². The second kappa shape index (κ2) is 3.86. The van der Waals surface area contributed by atoms with Gasteiger partial charge in [0, 0.05) is 5.56 Å². The molecule has 0 atom stereocenters. The fraction of sp³-hybridized carbons (Fsp3) is 0.545. The minimum Gasteiger partial charge on any atom is -0.481 e. The van der Waals surface area contributed by atoms with Gasteiger partial charge >= 0.3 is 5.97 Å². The normalized spacial score (nSPS) is 17.4. The highest BCUT2D eigenvalue weighted by atomic mass is 16.4. The maximum absolute atomic E-state index is 10.6. The topological polar surface area (TPSA) is 50.4 Å². The van der Waals surface area contributed by atoms with Crippen LogP contribution in [0.4, 0.5) is 0 Å². The molecular weight excluding hydrogens is 180 g/mol. The highest BCUT2D eigenvalue weighted by molar-refractivity contribution is 5.70. The third kappa shape index (κ3) is 1.81. The highest BCUT2D eigenvalue weighted by Crippen LogP contribution is 2.36. The Morgan fingerprint density at radius 3 is 2.79 bits per heavy atom. The molecule has 1 aromatic heterocycles. The Balaban J connectivity index is 2.15. The lowest BCUT2D eigenvalue weighted by Crippen LogP contribution is -2.03. The van der Waals surface area contributed by atoms with E-state index in [0.29, 0.717) is 5.92 Å². The van der Waals surface area contributed by atoms with Crippen LogP contribution in [0, 0.1) is 0 Å². The molecule has 76 valence electrons. The van der Waals surface area contributed by atoms with Crippen molar-refractivity contribution in [2.75, 3.05) is 0 Å². The monoisotopic (exact) mass is 194 g/mol. The van der Waals surface area contributed by atoms with Crippen molar-refractivity contribution in [2.24, 2.45) is 0 Å². The van der Waals surface area contributed by atoms with Gasteiger partial charge in [-0.25, -0.2) is 0 Å². The predicted molar refractivity (Wildman–Crippen MR) is 51.3 cm³/mol. The first kappa shape index (κ1) is 9.31. The Labute approximate surface area is 82.7 Å². The van der Waals surface area contributed by atoms with E-state index in [1.807, 2.05) is 0 Å². The summed E-state index contributed by atoms with van der Waals surface area (Å²) in [5.74, 6) is -0.256. The average Bonchev–Trinajstić information content (AvgIpc) is 2.70. The molecule has 2 rings (SSSR count). The zero-order chi connectivity index (χ0) is 9.97. The van der Waals surface area contributed by atoms with Crippen molar-refractivity contribution < 1.29 is 14.3 Å². The van der Waals surface area contributed by atoms with Gasteiger partial charge in [0.1, 0.15) is 0 Å². The first-order chi connectivity index (χ1) is 6.77. The summed E-state index contributed by atoms with van der Waals surface area (Å²) in [5.41, 5.74) is 1.97. The van der Waals surface area contributed by atoms with Crippen LogP contribution in [0.15, 0.2) is 16.9 Å². The molecule has 0 bridgehead atoms. The first-order valence-electron chi connectivity index (χ1n) is 5.04. The van der Waals surface area contributed by atoms with Gasteiger partial charge in [-0.2, -0.15) is 0 Å². The minimum atomic E-state index is -0.786. The van der Waals surface area contributed by atoms with Gasteiger partial charge in [-0.05, 0) is 24.3 Å². The van der Waals surface area contributed by atoms with E-state index < -0.39 is 5.97 Å². The van der Waals surface area contributed by atoms with Crippen LogP contribution in [-0.2, 0) is 11.2 Å². The second-order valence-electron chi connectivity index (χ2n) is 3.90. The van der Waals surface area contributed by atoms with Gasteiger partial charge in [-0.1, -0.05) is 12.8 Å². The van der Waals surface area contributed by atoms with E-state index in [0.717, 1.165) is 11.1 Å². The maximum atomic E-state index is 10.6. The lowest BCUT2D eigenvalue weighted by Gasteiger charge is -2.07. The number of hydrogen-bond acceptors (Lipinski definition) is 2. The molecule has 1 fully saturated rings. The molecular formula is C11H14O3. The summed E-state index contributed by atoms with van der Waals surface area (Å²) < 4.78 is 5.10. The van der Waals surface area contributed by atoms with Gasteiger partial charge in [0.15, 0.2) is 0 Å². The number of hydrogen-bond donors (Lipinski definition) is 1. The summed E-state index contributed by atoms with van der Waals surface area (Å²) in [6, 6.07) is 0. The van der Waals surface area contributed by atoms with Crippen molar-refractivity contribution in [1.29, 1.82) is 0 Å². The van der Waals surface area contributed by atoms with Gasteiger partial charge in [-0.3, -0.25) is 4.79 Å². The smallest absolute Gasteiger partial charge is 0.307 e. The Morgan fingerprint density at radius 1 is 1.43 bits per heavy atom. The third-order valence-corrected chi connectivity index (χ3v) is 2.91. The van der Waals surface area contributed by atoms with E-state index in [2.05, 4.69) is 0 Å². The number of furan rings is 1. The Morgan fingerprint density at radius 2 is 2.14 bits per heavy atom. The van der Waals surface area contributed by atoms with Crippen LogP contribution in [0.1, 0.15) is 42.7 Å². The first-order valence-corrected chi connectivity index (χ1v) is 5.04. The number of carboxylic acids is 1. The molecule has 0 unspecified atom stereocenters. The number of rotatable bonds is 3. The molecule has 1 aliphatic rings. The van der Waals surface area contributed by atoms with E-state index in [1.54, 1.807) is 12.5 Å². The molecule has 0 saturated heterocycles. The lowest BCUT2D eigenvalue weighted by atomic mass is 9.95. The molecule has 3 nitrogen and oxygen atoms in total. The molecule has 1 heterocycles. The molecule has 1 aliphatic carbocycles. The molecule has 0 amide bonds. The van der Waals surface area contributed by atoms with Crippen molar-refractivity contribution in [3.8, 4) is 0 Å². The highest BCUT2D eigenvalue weighted by Gasteiger charge is 2.22. The van der Waals surface area contributed by atoms with Crippen LogP contribution >= 0.6 is 0 Å². The van der Waals surface area contributed by atoms with Crippen LogP contribution < -0.4 is 0 Å². The van der Waals surface area contributed by atoms with E-state index in [-0.39, 0.29) is 6.42 Å². The van der Waals surface area contributed by atoms with Crippen LogP contribution in [-0.4, -0.2) is 11.1 Å². The molecule has 0 spiro atoms. The van der Waals surface area contributed by atoms with Crippen LogP contribution in [0.25, 0.3) is 0 Å². The molecule has 1 saturated carbocycles. The van der Waals surface area contributed by atoms with Gasteiger partial charge in [0.05, 0.1) is 18.9 Å². The Kier molecular flexibility index (Phi) is 2.57. The Bertz CT molecular complexity index is 321. The summed E-state index contributed by atoms with van der Waals surface area (Å²) in [6.07, 6.45) is 8.22. The number of aliphatic carboxylic acids is 1. The maximum Gasteiger partial charge on any atom is 0.307 e. The van der Waals surface area contributed by atoms with Crippen molar-refractivity contribution >= 4 is 5.97 Å². The van der Waals surface area contributed by atoms with Crippen molar-refractivity contribution in [2.45, 2.75) is 38.0 Å². The van der Waals surface area contributed by atoms with Crippen LogP contribution in [0.3, 0.4) is 0 Å². The summed E-state index contributed by atoms with van der Waals surface area (Å²) in [5, 5.41) is 8.71. The lowest BCUT2D eigenvalue weighted by molar-refractivity contribution is -0.136. The molecule has 1 N–H and O–H groups in total. The zero-order valence-corrected chi connectivity index (χ0v) is 8.03. The van der Waals surface area contributed by atoms with Crippen LogP contribution in [0.5, 0.6) is 0 Å². The minimum absolute atomic E-state index is 0.0856. The SMILES string of the molecule is O=C(O)Cc1cocc1C1CCCC1. The number of carbonyl (C=O) groups is 1. The van der Waals surface area contributed by atoms with Gasteiger partial charge in [0.2, 0.25) is 0 Å². The van der Waals surface area contributed by atoms with E-state index >= 15 is 0 Å². The van der Waals surface area contributed by atoms with E-state index in [9.17, 15) is 4.79 Å². The molecule has 3 heteroatoms. The van der Waals surface area contributed by atoms with Crippen molar-refractivity contribution in [3.05, 3.63) is 23.7 Å². The van der Waals surface area contributed by atoms with E-state index in [4.69, 9.17) is 9.52 Å². The summed E-state index contributed by atoms with van der Waals surface area (Å²) in [4.78, 5) is 10.6. The molecule has 1 aromatic rings. The van der Waals surface area contributed by atoms with Crippen molar-refractivity contribution in [1.82, 2.24) is 0 Å². The zero-order valence-electron chi connectivity index (χ0n) is 8.03. The third-order valence-electron chi connectivity index (χ3n) is 2.91. The number of carboxylic acid groups (broad SMARTS) is 1. The van der Waals surface area contributed by atoms with E-state index in [1.165, 1.54) is 25.7 Å². The largest absolute Gasteiger partial charge is 0.481 e.